The summed E-state index contributed by atoms with van der Waals surface area (Å²) in [5.74, 6) is 0.690. The molecule has 0 fully saturated rings. The molecule has 0 radical (unpaired) electrons. The zero-order valence-corrected chi connectivity index (χ0v) is 17.2. The van der Waals surface area contributed by atoms with E-state index in [2.05, 4.69) is 10.4 Å². The Morgan fingerprint density at radius 1 is 0.966 bits per heavy atom. The number of halogens is 6. The fourth-order valence-electron chi connectivity index (χ4n) is 3.42. The number of hydrogen-bond acceptors (Lipinski definition) is 2. The van der Waals surface area contributed by atoms with E-state index in [1.165, 1.54) is 6.07 Å². The molecule has 0 saturated heterocycles. The molecular weight excluding hydrogens is 446 g/mol. The van der Waals surface area contributed by atoms with E-state index in [1.54, 1.807) is 22.9 Å². The van der Waals surface area contributed by atoms with E-state index in [0.717, 1.165) is 30.5 Å². The van der Waals surface area contributed by atoms with Crippen LogP contribution in [0.25, 0.3) is 16.9 Å². The minimum absolute atomic E-state index is 0.201. The molecule has 0 spiro atoms. The minimum Gasteiger partial charge on any atom is -0.370 e. The molecule has 1 N–H and O–H groups in total. The third-order valence-electron chi connectivity index (χ3n) is 4.81. The van der Waals surface area contributed by atoms with Crippen LogP contribution >= 0.6 is 34.8 Å². The predicted octanol–water partition coefficient (Wildman–Crippen LogP) is 7.27. The zero-order chi connectivity index (χ0) is 20.8. The average Bonchev–Trinajstić information content (AvgIpc) is 2.84. The topological polar surface area (TPSA) is 29.9 Å². The standard InChI is InChI=1S/C20H15Cl3F3N3/c21-12-5-7-16(23)17(10-12)29-19-13(3-1-2-8-27-19)18(28-29)14-9-11(20(24,25)26)4-6-15(14)22/h4-7,9-10,27H,1-3,8H2. The summed E-state index contributed by atoms with van der Waals surface area (Å²) in [6.07, 6.45) is -2.03. The molecule has 3 nitrogen and oxygen atoms in total. The summed E-state index contributed by atoms with van der Waals surface area (Å²) >= 11 is 18.8. The lowest BCUT2D eigenvalue weighted by atomic mass is 10.0. The Kier molecular flexibility index (Phi) is 5.44. The second-order valence-electron chi connectivity index (χ2n) is 6.76. The lowest BCUT2D eigenvalue weighted by Gasteiger charge is -2.11. The van der Waals surface area contributed by atoms with Crippen LogP contribution < -0.4 is 5.32 Å². The molecule has 0 amide bonds. The Balaban J connectivity index is 1.96. The highest BCUT2D eigenvalue weighted by Crippen LogP contribution is 2.41. The molecular formula is C20H15Cl3F3N3. The van der Waals surface area contributed by atoms with Crippen molar-refractivity contribution in [2.24, 2.45) is 0 Å². The summed E-state index contributed by atoms with van der Waals surface area (Å²) in [6.45, 7) is 0.715. The van der Waals surface area contributed by atoms with Gasteiger partial charge in [0.15, 0.2) is 0 Å². The highest BCUT2D eigenvalue weighted by atomic mass is 35.5. The Morgan fingerprint density at radius 2 is 1.72 bits per heavy atom. The second-order valence-corrected chi connectivity index (χ2v) is 8.01. The highest BCUT2D eigenvalue weighted by molar-refractivity contribution is 6.34. The molecule has 0 unspecified atom stereocenters. The van der Waals surface area contributed by atoms with Gasteiger partial charge in [-0.15, -0.1) is 0 Å². The van der Waals surface area contributed by atoms with E-state index in [-0.39, 0.29) is 10.6 Å². The molecule has 9 heteroatoms. The number of nitrogens with zero attached hydrogens (tertiary/aromatic N) is 2. The molecule has 4 rings (SSSR count). The fraction of sp³-hybridized carbons (Fsp3) is 0.250. The van der Waals surface area contributed by atoms with Crippen LogP contribution in [0.2, 0.25) is 15.1 Å². The van der Waals surface area contributed by atoms with Gasteiger partial charge in [0.1, 0.15) is 5.82 Å². The van der Waals surface area contributed by atoms with Gasteiger partial charge < -0.3 is 5.32 Å². The van der Waals surface area contributed by atoms with Crippen LogP contribution in [0, 0.1) is 0 Å². The summed E-state index contributed by atoms with van der Waals surface area (Å²) in [4.78, 5) is 0. The third-order valence-corrected chi connectivity index (χ3v) is 5.70. The van der Waals surface area contributed by atoms with Gasteiger partial charge in [0.05, 0.1) is 27.0 Å². The number of aromatic nitrogens is 2. The van der Waals surface area contributed by atoms with Crippen molar-refractivity contribution in [2.75, 3.05) is 11.9 Å². The van der Waals surface area contributed by atoms with Gasteiger partial charge in [-0.3, -0.25) is 0 Å². The van der Waals surface area contributed by atoms with Gasteiger partial charge in [-0.1, -0.05) is 34.8 Å². The number of rotatable bonds is 2. The van der Waals surface area contributed by atoms with E-state index in [1.807, 2.05) is 0 Å². The average molecular weight is 461 g/mol. The van der Waals surface area contributed by atoms with E-state index in [0.29, 0.717) is 40.2 Å². The Labute approximate surface area is 180 Å². The largest absolute Gasteiger partial charge is 0.416 e. The van der Waals surface area contributed by atoms with Crippen LogP contribution in [-0.4, -0.2) is 16.3 Å². The Morgan fingerprint density at radius 3 is 2.48 bits per heavy atom. The van der Waals surface area contributed by atoms with Crippen molar-refractivity contribution in [3.05, 3.63) is 62.6 Å². The molecule has 0 saturated carbocycles. The number of alkyl halides is 3. The summed E-state index contributed by atoms with van der Waals surface area (Å²) in [5.41, 5.74) is 1.21. The van der Waals surface area contributed by atoms with Crippen molar-refractivity contribution >= 4 is 40.6 Å². The van der Waals surface area contributed by atoms with Crippen LogP contribution in [0.5, 0.6) is 0 Å². The van der Waals surface area contributed by atoms with Gasteiger partial charge >= 0.3 is 6.18 Å². The van der Waals surface area contributed by atoms with Crippen LogP contribution in [0.15, 0.2) is 36.4 Å². The summed E-state index contributed by atoms with van der Waals surface area (Å²) < 4.78 is 41.4. The molecule has 0 aliphatic carbocycles. The van der Waals surface area contributed by atoms with Crippen molar-refractivity contribution in [2.45, 2.75) is 25.4 Å². The van der Waals surface area contributed by atoms with E-state index < -0.39 is 11.7 Å². The Bertz CT molecular complexity index is 1080. The first kappa shape index (κ1) is 20.4. The first-order chi connectivity index (χ1) is 13.8. The number of nitrogens with one attached hydrogen (secondary N) is 1. The smallest absolute Gasteiger partial charge is 0.370 e. The molecule has 2 aromatic carbocycles. The third kappa shape index (κ3) is 3.93. The molecule has 152 valence electrons. The van der Waals surface area contributed by atoms with Crippen molar-refractivity contribution in [3.8, 4) is 16.9 Å². The highest BCUT2D eigenvalue weighted by Gasteiger charge is 2.32. The quantitative estimate of drug-likeness (QED) is 0.436. The molecule has 1 aliphatic rings. The maximum atomic E-state index is 13.3. The first-order valence-corrected chi connectivity index (χ1v) is 10.1. The van der Waals surface area contributed by atoms with Gasteiger partial charge in [0, 0.05) is 22.7 Å². The monoisotopic (exact) mass is 459 g/mol. The van der Waals surface area contributed by atoms with Crippen LogP contribution in [-0.2, 0) is 12.6 Å². The van der Waals surface area contributed by atoms with Gasteiger partial charge in [-0.05, 0) is 55.7 Å². The van der Waals surface area contributed by atoms with Gasteiger partial charge in [-0.2, -0.15) is 18.3 Å². The molecule has 0 bridgehead atoms. The molecule has 2 heterocycles. The molecule has 0 atom stereocenters. The minimum atomic E-state index is -4.48. The zero-order valence-electron chi connectivity index (χ0n) is 15.0. The van der Waals surface area contributed by atoms with Crippen molar-refractivity contribution in [1.82, 2.24) is 9.78 Å². The number of anilines is 1. The summed E-state index contributed by atoms with van der Waals surface area (Å²) in [5, 5.41) is 9.04. The first-order valence-electron chi connectivity index (χ1n) is 8.94. The predicted molar refractivity (Wildman–Crippen MR) is 110 cm³/mol. The van der Waals surface area contributed by atoms with E-state index >= 15 is 0 Å². The van der Waals surface area contributed by atoms with Crippen LogP contribution in [0.1, 0.15) is 24.0 Å². The number of hydrogen-bond donors (Lipinski definition) is 1. The van der Waals surface area contributed by atoms with Gasteiger partial charge in [0.25, 0.3) is 0 Å². The SMILES string of the molecule is FC(F)(F)c1ccc(Cl)c(-c2nn(-c3cc(Cl)ccc3Cl)c3c2CCCCN3)c1. The molecule has 1 aliphatic heterocycles. The summed E-state index contributed by atoms with van der Waals surface area (Å²) in [6, 6.07) is 8.24. The maximum absolute atomic E-state index is 13.3. The maximum Gasteiger partial charge on any atom is 0.416 e. The normalized spacial score (nSPS) is 14.3. The van der Waals surface area contributed by atoms with Gasteiger partial charge in [-0.25, -0.2) is 4.68 Å². The fourth-order valence-corrected chi connectivity index (χ4v) is 4.00. The van der Waals surface area contributed by atoms with Crippen LogP contribution in [0.3, 0.4) is 0 Å². The summed E-state index contributed by atoms with van der Waals surface area (Å²) in [7, 11) is 0. The van der Waals surface area contributed by atoms with E-state index in [9.17, 15) is 13.2 Å². The van der Waals surface area contributed by atoms with Crippen molar-refractivity contribution < 1.29 is 13.2 Å². The molecule has 3 aromatic rings. The van der Waals surface area contributed by atoms with Gasteiger partial charge in [0.2, 0.25) is 0 Å². The van der Waals surface area contributed by atoms with E-state index in [4.69, 9.17) is 34.8 Å². The molecule has 29 heavy (non-hydrogen) atoms. The lowest BCUT2D eigenvalue weighted by molar-refractivity contribution is -0.137. The van der Waals surface area contributed by atoms with Crippen molar-refractivity contribution in [3.63, 3.8) is 0 Å². The Hall–Kier alpha value is -1.89. The molecule has 1 aromatic heterocycles. The lowest BCUT2D eigenvalue weighted by Crippen LogP contribution is -2.07. The second kappa shape index (κ2) is 7.74. The number of fused-ring (bicyclic) bond motifs is 1. The number of benzene rings is 2. The van der Waals surface area contributed by atoms with Crippen molar-refractivity contribution in [1.29, 1.82) is 0 Å². The van der Waals surface area contributed by atoms with Crippen LogP contribution in [0.4, 0.5) is 19.0 Å².